The molecule has 0 saturated heterocycles. The average molecular weight is 446 g/mol. The predicted molar refractivity (Wildman–Crippen MR) is 88.8 cm³/mol. The molecule has 0 fully saturated rings. The van der Waals surface area contributed by atoms with E-state index in [0.29, 0.717) is 15.8 Å². The number of rotatable bonds is 3. The fraction of sp³-hybridized carbons (Fsp3) is 0.167. The van der Waals surface area contributed by atoms with E-state index in [1.165, 1.54) is 0 Å². The molecule has 0 aliphatic heterocycles. The van der Waals surface area contributed by atoms with Crippen LogP contribution in [0, 0.1) is 0 Å². The molecule has 1 atom stereocenters. The number of methoxy groups -OCH3 is 1. The van der Waals surface area contributed by atoms with Crippen molar-refractivity contribution < 1.29 is 4.74 Å². The Morgan fingerprint density at radius 2 is 1.89 bits per heavy atom. The lowest BCUT2D eigenvalue weighted by Gasteiger charge is -2.14. The Labute approximate surface area is 142 Å². The maximum absolute atomic E-state index is 6.24. The van der Waals surface area contributed by atoms with Gasteiger partial charge in [0.05, 0.1) is 22.0 Å². The molecular formula is C12H9Br2Cl2NOS. The summed E-state index contributed by atoms with van der Waals surface area (Å²) in [6.07, 6.45) is 0. The summed E-state index contributed by atoms with van der Waals surface area (Å²) in [5.74, 6) is 0.538. The second-order valence-corrected chi connectivity index (χ2v) is 7.83. The van der Waals surface area contributed by atoms with Gasteiger partial charge in [-0.25, -0.2) is 0 Å². The molecule has 1 unspecified atom stereocenters. The van der Waals surface area contributed by atoms with Crippen molar-refractivity contribution in [1.29, 1.82) is 0 Å². The maximum Gasteiger partial charge on any atom is 0.138 e. The summed E-state index contributed by atoms with van der Waals surface area (Å²) < 4.78 is 7.09. The molecule has 0 bridgehead atoms. The van der Waals surface area contributed by atoms with Gasteiger partial charge in [0.25, 0.3) is 0 Å². The third-order valence-electron chi connectivity index (χ3n) is 2.58. The lowest BCUT2D eigenvalue weighted by Crippen LogP contribution is -2.11. The number of benzene rings is 1. The maximum atomic E-state index is 6.24. The van der Waals surface area contributed by atoms with Crippen LogP contribution in [0.25, 0.3) is 0 Å². The van der Waals surface area contributed by atoms with Crippen LogP contribution in [0.15, 0.2) is 26.5 Å². The van der Waals surface area contributed by atoms with E-state index in [4.69, 9.17) is 33.7 Å². The van der Waals surface area contributed by atoms with Crippen LogP contribution in [0.3, 0.4) is 0 Å². The van der Waals surface area contributed by atoms with Gasteiger partial charge in [-0.2, -0.15) is 0 Å². The fourth-order valence-corrected chi connectivity index (χ4v) is 4.24. The molecule has 0 aliphatic carbocycles. The average Bonchev–Trinajstić information content (AvgIpc) is 2.71. The third kappa shape index (κ3) is 3.28. The normalized spacial score (nSPS) is 12.5. The van der Waals surface area contributed by atoms with Crippen LogP contribution in [0.2, 0.25) is 10.0 Å². The molecule has 1 heterocycles. The smallest absolute Gasteiger partial charge is 0.138 e. The van der Waals surface area contributed by atoms with Crippen molar-refractivity contribution in [2.24, 2.45) is 5.73 Å². The molecule has 0 saturated carbocycles. The van der Waals surface area contributed by atoms with Crippen LogP contribution < -0.4 is 10.5 Å². The Bertz CT molecular complexity index is 599. The second-order valence-electron chi connectivity index (χ2n) is 3.76. The van der Waals surface area contributed by atoms with E-state index in [0.717, 1.165) is 18.7 Å². The van der Waals surface area contributed by atoms with Gasteiger partial charge < -0.3 is 10.5 Å². The highest BCUT2D eigenvalue weighted by Gasteiger charge is 2.18. The first kappa shape index (κ1) is 15.6. The molecule has 102 valence electrons. The van der Waals surface area contributed by atoms with Crippen molar-refractivity contribution in [2.45, 2.75) is 6.04 Å². The van der Waals surface area contributed by atoms with Crippen LogP contribution in [0.4, 0.5) is 0 Å². The minimum Gasteiger partial charge on any atom is -0.495 e. The summed E-state index contributed by atoms with van der Waals surface area (Å²) in [4.78, 5) is 0.988. The van der Waals surface area contributed by atoms with Crippen LogP contribution in [-0.4, -0.2) is 7.11 Å². The van der Waals surface area contributed by atoms with Gasteiger partial charge in [0.2, 0.25) is 0 Å². The van der Waals surface area contributed by atoms with E-state index in [-0.39, 0.29) is 6.04 Å². The number of ether oxygens (including phenoxy) is 1. The summed E-state index contributed by atoms with van der Waals surface area (Å²) in [5.41, 5.74) is 7.02. The van der Waals surface area contributed by atoms with Crippen molar-refractivity contribution in [3.63, 3.8) is 0 Å². The zero-order valence-corrected chi connectivity index (χ0v) is 15.2. The van der Waals surface area contributed by atoms with Crippen molar-refractivity contribution in [2.75, 3.05) is 7.11 Å². The van der Waals surface area contributed by atoms with Gasteiger partial charge in [0.1, 0.15) is 5.75 Å². The SMILES string of the molecule is COc1cc(Cl)c(C(N)c2cc(Br)c(Br)s2)cc1Cl. The van der Waals surface area contributed by atoms with Gasteiger partial charge in [0, 0.05) is 20.4 Å². The molecule has 0 spiro atoms. The first-order valence-corrected chi connectivity index (χ1v) is 8.33. The van der Waals surface area contributed by atoms with Gasteiger partial charge >= 0.3 is 0 Å². The van der Waals surface area contributed by atoms with Gasteiger partial charge in [0.15, 0.2) is 0 Å². The van der Waals surface area contributed by atoms with E-state index in [9.17, 15) is 0 Å². The van der Waals surface area contributed by atoms with Gasteiger partial charge in [-0.1, -0.05) is 23.2 Å². The highest BCUT2D eigenvalue weighted by atomic mass is 79.9. The summed E-state index contributed by atoms with van der Waals surface area (Å²) in [5, 5.41) is 1.03. The minimum absolute atomic E-state index is 0.330. The first-order valence-electron chi connectivity index (χ1n) is 5.17. The quantitative estimate of drug-likeness (QED) is 0.663. The van der Waals surface area contributed by atoms with E-state index in [1.807, 2.05) is 6.07 Å². The largest absolute Gasteiger partial charge is 0.495 e. The Kier molecular flexibility index (Phi) is 5.20. The van der Waals surface area contributed by atoms with E-state index in [2.05, 4.69) is 31.9 Å². The predicted octanol–water partition coefficient (Wildman–Crippen LogP) is 5.64. The Morgan fingerprint density at radius 1 is 1.21 bits per heavy atom. The van der Waals surface area contributed by atoms with Crippen molar-refractivity contribution in [3.8, 4) is 5.75 Å². The molecule has 1 aromatic heterocycles. The Hall–Kier alpha value is 0.220. The molecule has 2 N–H and O–H groups in total. The monoisotopic (exact) mass is 443 g/mol. The van der Waals surface area contributed by atoms with Crippen molar-refractivity contribution in [1.82, 2.24) is 0 Å². The lowest BCUT2D eigenvalue weighted by atomic mass is 10.1. The molecule has 7 heteroatoms. The van der Waals surface area contributed by atoms with Crippen LogP contribution in [-0.2, 0) is 0 Å². The van der Waals surface area contributed by atoms with Crippen molar-refractivity contribution in [3.05, 3.63) is 46.9 Å². The number of nitrogens with two attached hydrogens (primary N) is 1. The summed E-state index contributed by atoms with van der Waals surface area (Å²) in [7, 11) is 1.55. The Balaban J connectivity index is 2.44. The molecule has 2 rings (SSSR count). The van der Waals surface area contributed by atoms with Crippen LogP contribution >= 0.6 is 66.4 Å². The number of hydrogen-bond acceptors (Lipinski definition) is 3. The number of hydrogen-bond donors (Lipinski definition) is 1. The van der Waals surface area contributed by atoms with Crippen LogP contribution in [0.1, 0.15) is 16.5 Å². The fourth-order valence-electron chi connectivity index (χ4n) is 1.61. The molecule has 0 aliphatic rings. The molecular weight excluding hydrogens is 437 g/mol. The third-order valence-corrected chi connectivity index (χ3v) is 6.54. The molecule has 0 amide bonds. The Morgan fingerprint density at radius 3 is 2.42 bits per heavy atom. The summed E-state index contributed by atoms with van der Waals surface area (Å²) in [6, 6.07) is 5.06. The molecule has 2 nitrogen and oxygen atoms in total. The summed E-state index contributed by atoms with van der Waals surface area (Å²) >= 11 is 20.8. The van der Waals surface area contributed by atoms with Gasteiger partial charge in [-0.3, -0.25) is 0 Å². The second kappa shape index (κ2) is 6.33. The first-order chi connectivity index (χ1) is 8.93. The zero-order valence-electron chi connectivity index (χ0n) is 9.72. The highest BCUT2D eigenvalue weighted by molar-refractivity contribution is 9.13. The highest BCUT2D eigenvalue weighted by Crippen LogP contribution is 2.40. The molecule has 19 heavy (non-hydrogen) atoms. The number of halogens is 4. The van der Waals surface area contributed by atoms with Crippen LogP contribution in [0.5, 0.6) is 5.75 Å². The zero-order chi connectivity index (χ0) is 14.2. The number of thiophene rings is 1. The lowest BCUT2D eigenvalue weighted by molar-refractivity contribution is 0.415. The van der Waals surface area contributed by atoms with E-state index >= 15 is 0 Å². The van der Waals surface area contributed by atoms with Crippen molar-refractivity contribution >= 4 is 66.4 Å². The topological polar surface area (TPSA) is 35.2 Å². The molecule has 1 aromatic carbocycles. The van der Waals surface area contributed by atoms with E-state index < -0.39 is 0 Å². The molecule has 2 aromatic rings. The van der Waals surface area contributed by atoms with Gasteiger partial charge in [-0.05, 0) is 49.6 Å². The molecule has 0 radical (unpaired) electrons. The standard InChI is InChI=1S/C12H9Br2Cl2NOS/c1-18-9-4-7(15)5(2-8(9)16)11(17)10-3-6(13)12(14)19-10/h2-4,11H,17H2,1H3. The van der Waals surface area contributed by atoms with E-state index in [1.54, 1.807) is 30.6 Å². The summed E-state index contributed by atoms with van der Waals surface area (Å²) in [6.45, 7) is 0. The van der Waals surface area contributed by atoms with Gasteiger partial charge in [-0.15, -0.1) is 11.3 Å². The minimum atomic E-state index is -0.330.